The zero-order valence-corrected chi connectivity index (χ0v) is 15.6. The van der Waals surface area contributed by atoms with Gasteiger partial charge in [0.1, 0.15) is 22.6 Å². The van der Waals surface area contributed by atoms with Crippen molar-refractivity contribution in [3.63, 3.8) is 0 Å². The highest BCUT2D eigenvalue weighted by Crippen LogP contribution is 2.32. The Hall–Kier alpha value is -3.00. The molecule has 3 rings (SSSR count). The number of amides is 2. The van der Waals surface area contributed by atoms with Crippen LogP contribution < -0.4 is 5.32 Å². The van der Waals surface area contributed by atoms with Gasteiger partial charge in [0.2, 0.25) is 11.8 Å². The monoisotopic (exact) mass is 401 g/mol. The number of benzene rings is 2. The van der Waals surface area contributed by atoms with Crippen LogP contribution in [-0.4, -0.2) is 33.7 Å². The fraction of sp³-hybridized carbons (Fsp3) is 0.150. The van der Waals surface area contributed by atoms with E-state index >= 15 is 0 Å². The number of halogens is 2. The Kier molecular flexibility index (Phi) is 6.20. The SMILES string of the molecule is C=CCN1C(=O)[C@H](CC(=O)Nc2ccc(F)cc2)SC1=Nc1ccccc1F. The van der Waals surface area contributed by atoms with Gasteiger partial charge in [-0.15, -0.1) is 6.58 Å². The molecule has 0 spiro atoms. The van der Waals surface area contributed by atoms with Gasteiger partial charge in [-0.1, -0.05) is 30.0 Å². The first-order valence-corrected chi connectivity index (χ1v) is 9.33. The fourth-order valence-electron chi connectivity index (χ4n) is 2.58. The molecule has 8 heteroatoms. The third-order valence-corrected chi connectivity index (χ3v) is 5.07. The van der Waals surface area contributed by atoms with Crippen LogP contribution in [0.4, 0.5) is 20.2 Å². The highest BCUT2D eigenvalue weighted by molar-refractivity contribution is 8.15. The van der Waals surface area contributed by atoms with E-state index in [4.69, 9.17) is 0 Å². The molecule has 2 aromatic carbocycles. The minimum Gasteiger partial charge on any atom is -0.326 e. The van der Waals surface area contributed by atoms with E-state index in [1.54, 1.807) is 12.1 Å². The lowest BCUT2D eigenvalue weighted by molar-refractivity contribution is -0.127. The molecule has 5 nitrogen and oxygen atoms in total. The number of hydrogen-bond acceptors (Lipinski definition) is 4. The quantitative estimate of drug-likeness (QED) is 0.741. The molecule has 1 aliphatic heterocycles. The molecule has 1 heterocycles. The van der Waals surface area contributed by atoms with Gasteiger partial charge in [-0.05, 0) is 36.4 Å². The Morgan fingerprint density at radius 1 is 1.21 bits per heavy atom. The van der Waals surface area contributed by atoms with Crippen molar-refractivity contribution < 1.29 is 18.4 Å². The summed E-state index contributed by atoms with van der Waals surface area (Å²) in [5.41, 5.74) is 0.549. The van der Waals surface area contributed by atoms with Crippen LogP contribution in [0.5, 0.6) is 0 Å². The first-order chi connectivity index (χ1) is 13.5. The lowest BCUT2D eigenvalue weighted by Crippen LogP contribution is -2.33. The Bertz CT molecular complexity index is 931. The predicted molar refractivity (Wildman–Crippen MR) is 106 cm³/mol. The molecule has 0 saturated carbocycles. The molecular formula is C20H17F2N3O2S. The minimum absolute atomic E-state index is 0.0924. The van der Waals surface area contributed by atoms with Gasteiger partial charge >= 0.3 is 0 Å². The number of para-hydroxylation sites is 1. The topological polar surface area (TPSA) is 61.8 Å². The normalized spacial score (nSPS) is 17.8. The molecule has 1 N–H and O–H groups in total. The molecule has 0 bridgehead atoms. The lowest BCUT2D eigenvalue weighted by Gasteiger charge is -2.14. The molecule has 2 aromatic rings. The van der Waals surface area contributed by atoms with Crippen molar-refractivity contribution in [1.29, 1.82) is 0 Å². The summed E-state index contributed by atoms with van der Waals surface area (Å²) < 4.78 is 26.9. The van der Waals surface area contributed by atoms with Gasteiger partial charge in [-0.25, -0.2) is 13.8 Å². The number of carbonyl (C=O) groups excluding carboxylic acids is 2. The summed E-state index contributed by atoms with van der Waals surface area (Å²) in [6, 6.07) is 11.3. The number of amidine groups is 1. The highest BCUT2D eigenvalue weighted by atomic mass is 32.2. The maximum absolute atomic E-state index is 13.9. The van der Waals surface area contributed by atoms with E-state index in [9.17, 15) is 18.4 Å². The average Bonchev–Trinajstić information content (AvgIpc) is 2.94. The van der Waals surface area contributed by atoms with Gasteiger partial charge < -0.3 is 5.32 Å². The van der Waals surface area contributed by atoms with Crippen molar-refractivity contribution in [2.75, 3.05) is 11.9 Å². The van der Waals surface area contributed by atoms with Gasteiger partial charge in [0.25, 0.3) is 0 Å². The predicted octanol–water partition coefficient (Wildman–Crippen LogP) is 4.11. The number of aliphatic imine (C=N–C) groups is 1. The van der Waals surface area contributed by atoms with E-state index in [2.05, 4.69) is 16.9 Å². The van der Waals surface area contributed by atoms with Crippen LogP contribution in [0.2, 0.25) is 0 Å². The van der Waals surface area contributed by atoms with Crippen LogP contribution >= 0.6 is 11.8 Å². The standard InChI is InChI=1S/C20H17F2N3O2S/c1-2-11-25-19(27)17(12-18(26)23-14-9-7-13(21)8-10-14)28-20(25)24-16-6-4-3-5-15(16)22/h2-10,17H,1,11-12H2,(H,23,26)/t17-/m0/s1. The van der Waals surface area contributed by atoms with Gasteiger partial charge in [-0.3, -0.25) is 14.5 Å². The highest BCUT2D eigenvalue weighted by Gasteiger charge is 2.38. The van der Waals surface area contributed by atoms with Crippen molar-refractivity contribution in [2.24, 2.45) is 4.99 Å². The van der Waals surface area contributed by atoms with E-state index in [1.807, 2.05) is 0 Å². The number of nitrogens with zero attached hydrogens (tertiary/aromatic N) is 2. The fourth-order valence-corrected chi connectivity index (χ4v) is 3.74. The molecule has 1 saturated heterocycles. The summed E-state index contributed by atoms with van der Waals surface area (Å²) in [5, 5.41) is 2.25. The lowest BCUT2D eigenvalue weighted by atomic mass is 10.2. The average molecular weight is 401 g/mol. The second kappa shape index (κ2) is 8.79. The molecule has 28 heavy (non-hydrogen) atoms. The molecule has 2 amide bonds. The van der Waals surface area contributed by atoms with Crippen LogP contribution in [0.25, 0.3) is 0 Å². The second-order valence-electron chi connectivity index (χ2n) is 5.95. The molecule has 1 atom stereocenters. The Balaban J connectivity index is 1.74. The van der Waals surface area contributed by atoms with E-state index in [1.165, 1.54) is 47.4 Å². The molecule has 1 fully saturated rings. The van der Waals surface area contributed by atoms with Crippen molar-refractivity contribution in [2.45, 2.75) is 11.7 Å². The first-order valence-electron chi connectivity index (χ1n) is 8.45. The number of thioether (sulfide) groups is 1. The number of carbonyl (C=O) groups is 2. The summed E-state index contributed by atoms with van der Waals surface area (Å²) in [5.74, 6) is -1.59. The Morgan fingerprint density at radius 3 is 2.61 bits per heavy atom. The Labute approximate surface area is 165 Å². The van der Waals surface area contributed by atoms with Crippen LogP contribution in [0.15, 0.2) is 66.2 Å². The van der Waals surface area contributed by atoms with Crippen molar-refractivity contribution in [1.82, 2.24) is 4.90 Å². The van der Waals surface area contributed by atoms with E-state index in [0.29, 0.717) is 10.9 Å². The van der Waals surface area contributed by atoms with Gasteiger partial charge in [-0.2, -0.15) is 0 Å². The summed E-state index contributed by atoms with van der Waals surface area (Å²) in [6.45, 7) is 3.83. The first kappa shape index (κ1) is 19.8. The second-order valence-corrected chi connectivity index (χ2v) is 7.12. The third-order valence-electron chi connectivity index (χ3n) is 3.90. The third kappa shape index (κ3) is 4.64. The number of hydrogen-bond donors (Lipinski definition) is 1. The number of rotatable bonds is 6. The molecule has 144 valence electrons. The zero-order valence-electron chi connectivity index (χ0n) is 14.8. The molecule has 0 radical (unpaired) electrons. The molecule has 0 aliphatic carbocycles. The molecular weight excluding hydrogens is 384 g/mol. The largest absolute Gasteiger partial charge is 0.326 e. The van der Waals surface area contributed by atoms with Crippen molar-refractivity contribution in [3.05, 3.63) is 72.8 Å². The molecule has 0 aromatic heterocycles. The maximum atomic E-state index is 13.9. The van der Waals surface area contributed by atoms with Crippen molar-refractivity contribution >= 4 is 40.1 Å². The molecule has 1 aliphatic rings. The minimum atomic E-state index is -0.689. The van der Waals surface area contributed by atoms with E-state index in [0.717, 1.165) is 11.8 Å². The summed E-state index contributed by atoms with van der Waals surface area (Å²) >= 11 is 1.10. The van der Waals surface area contributed by atoms with E-state index in [-0.39, 0.29) is 30.5 Å². The van der Waals surface area contributed by atoms with Gasteiger partial charge in [0.05, 0.1) is 0 Å². The van der Waals surface area contributed by atoms with Crippen molar-refractivity contribution in [3.8, 4) is 0 Å². The van der Waals surface area contributed by atoms with Crippen LogP contribution in [0, 0.1) is 11.6 Å². The smallest absolute Gasteiger partial charge is 0.242 e. The van der Waals surface area contributed by atoms with E-state index < -0.39 is 16.9 Å². The summed E-state index contributed by atoms with van der Waals surface area (Å²) in [7, 11) is 0. The zero-order chi connectivity index (χ0) is 20.1. The summed E-state index contributed by atoms with van der Waals surface area (Å²) in [6.07, 6.45) is 1.45. The number of anilines is 1. The number of nitrogens with one attached hydrogen (secondary N) is 1. The molecule has 0 unspecified atom stereocenters. The van der Waals surface area contributed by atoms with Gasteiger partial charge in [0.15, 0.2) is 5.17 Å². The maximum Gasteiger partial charge on any atom is 0.242 e. The van der Waals surface area contributed by atoms with Crippen LogP contribution in [0.1, 0.15) is 6.42 Å². The summed E-state index contributed by atoms with van der Waals surface area (Å²) in [4.78, 5) is 30.6. The van der Waals surface area contributed by atoms with Crippen LogP contribution in [0.3, 0.4) is 0 Å². The Morgan fingerprint density at radius 2 is 1.93 bits per heavy atom. The van der Waals surface area contributed by atoms with Crippen LogP contribution in [-0.2, 0) is 9.59 Å². The van der Waals surface area contributed by atoms with Gasteiger partial charge in [0, 0.05) is 18.7 Å².